The minimum Gasteiger partial charge on any atom is -0.391 e. The quantitative estimate of drug-likeness (QED) is 0.822. The predicted molar refractivity (Wildman–Crippen MR) is 71.1 cm³/mol. The van der Waals surface area contributed by atoms with E-state index in [1.54, 1.807) is 6.07 Å². The number of thiophene rings is 1. The first-order valence-electron chi connectivity index (χ1n) is 5.65. The molecule has 0 atom stereocenters. The van der Waals surface area contributed by atoms with Gasteiger partial charge in [0.1, 0.15) is 4.21 Å². The molecule has 1 N–H and O–H groups in total. The average molecular weight is 293 g/mol. The van der Waals surface area contributed by atoms with Crippen LogP contribution in [0.2, 0.25) is 0 Å². The number of rotatable bonds is 7. The monoisotopic (exact) mass is 293 g/mol. The van der Waals surface area contributed by atoms with Gasteiger partial charge in [0.2, 0.25) is 0 Å². The molecule has 18 heavy (non-hydrogen) atoms. The van der Waals surface area contributed by atoms with Gasteiger partial charge in [-0.2, -0.15) is 4.31 Å². The molecule has 0 aromatic carbocycles. The molecular formula is C11H19NO4S2. The van der Waals surface area contributed by atoms with Crippen molar-refractivity contribution in [1.82, 2.24) is 4.31 Å². The fraction of sp³-hybridized carbons (Fsp3) is 0.636. The number of aliphatic hydroxyl groups is 1. The molecule has 104 valence electrons. The summed E-state index contributed by atoms with van der Waals surface area (Å²) in [7, 11) is -1.94. The van der Waals surface area contributed by atoms with Gasteiger partial charge in [-0.25, -0.2) is 8.42 Å². The second-order valence-electron chi connectivity index (χ2n) is 4.12. The predicted octanol–water partition coefficient (Wildman–Crippen LogP) is 1.29. The van der Waals surface area contributed by atoms with Gasteiger partial charge in [0.05, 0.1) is 19.3 Å². The van der Waals surface area contributed by atoms with E-state index in [1.807, 2.05) is 13.8 Å². The molecule has 0 fully saturated rings. The van der Waals surface area contributed by atoms with Crippen LogP contribution in [0, 0.1) is 0 Å². The molecule has 1 aromatic rings. The lowest BCUT2D eigenvalue weighted by Gasteiger charge is -2.16. The highest BCUT2D eigenvalue weighted by molar-refractivity contribution is 7.91. The molecule has 7 heteroatoms. The lowest BCUT2D eigenvalue weighted by molar-refractivity contribution is 0.0737. The smallest absolute Gasteiger partial charge is 0.252 e. The van der Waals surface area contributed by atoms with Crippen molar-refractivity contribution in [2.75, 3.05) is 20.2 Å². The first-order chi connectivity index (χ1) is 8.37. The van der Waals surface area contributed by atoms with Crippen LogP contribution in [-0.2, 0) is 21.4 Å². The summed E-state index contributed by atoms with van der Waals surface area (Å²) in [5.41, 5.74) is 0. The fourth-order valence-corrected chi connectivity index (χ4v) is 3.85. The fourth-order valence-electron chi connectivity index (χ4n) is 1.27. The van der Waals surface area contributed by atoms with Crippen LogP contribution in [0.4, 0.5) is 0 Å². The molecule has 1 heterocycles. The summed E-state index contributed by atoms with van der Waals surface area (Å²) >= 11 is 1.09. The van der Waals surface area contributed by atoms with E-state index in [9.17, 15) is 8.42 Å². The Morgan fingerprint density at radius 1 is 1.44 bits per heavy atom. The Bertz CT molecular complexity index is 467. The van der Waals surface area contributed by atoms with Crippen LogP contribution in [0.25, 0.3) is 0 Å². The Morgan fingerprint density at radius 2 is 2.11 bits per heavy atom. The number of sulfonamides is 1. The molecule has 0 aliphatic carbocycles. The van der Waals surface area contributed by atoms with E-state index < -0.39 is 10.0 Å². The molecule has 0 amide bonds. The standard InChI is InChI=1S/C11H19NO4S2/c1-9(2)16-7-6-12(3)18(14,15)11-5-4-10(8-13)17-11/h4-5,9,13H,6-8H2,1-3H3. The molecule has 1 aromatic heterocycles. The summed E-state index contributed by atoms with van der Waals surface area (Å²) in [4.78, 5) is 0.639. The lowest BCUT2D eigenvalue weighted by atomic mass is 10.5. The molecule has 1 rings (SSSR count). The molecule has 0 spiro atoms. The van der Waals surface area contributed by atoms with Crippen molar-refractivity contribution in [2.24, 2.45) is 0 Å². The SMILES string of the molecule is CC(C)OCCN(C)S(=O)(=O)c1ccc(CO)s1. The molecule has 5 nitrogen and oxygen atoms in total. The summed E-state index contributed by atoms with van der Waals surface area (Å²) in [6.45, 7) is 4.35. The Labute approximate surface area is 112 Å². The van der Waals surface area contributed by atoms with Crippen LogP contribution < -0.4 is 0 Å². The zero-order valence-electron chi connectivity index (χ0n) is 10.8. The van der Waals surface area contributed by atoms with Crippen molar-refractivity contribution in [1.29, 1.82) is 0 Å². The third-order valence-electron chi connectivity index (χ3n) is 2.31. The van der Waals surface area contributed by atoms with Gasteiger partial charge in [0, 0.05) is 18.5 Å². The minimum absolute atomic E-state index is 0.0869. The number of likely N-dealkylation sites (N-methyl/N-ethyl adjacent to an activating group) is 1. The highest BCUT2D eigenvalue weighted by Gasteiger charge is 2.22. The van der Waals surface area contributed by atoms with Crippen LogP contribution in [0.1, 0.15) is 18.7 Å². The Balaban J connectivity index is 2.67. The highest BCUT2D eigenvalue weighted by Crippen LogP contribution is 2.24. The average Bonchev–Trinajstić information content (AvgIpc) is 2.77. The van der Waals surface area contributed by atoms with Crippen molar-refractivity contribution >= 4 is 21.4 Å². The van der Waals surface area contributed by atoms with Gasteiger partial charge in [-0.3, -0.25) is 0 Å². The largest absolute Gasteiger partial charge is 0.391 e. The first-order valence-corrected chi connectivity index (χ1v) is 7.91. The first kappa shape index (κ1) is 15.6. The summed E-state index contributed by atoms with van der Waals surface area (Å²) in [6, 6.07) is 3.14. The van der Waals surface area contributed by atoms with E-state index in [0.717, 1.165) is 11.3 Å². The molecule has 0 saturated carbocycles. The Morgan fingerprint density at radius 3 is 2.61 bits per heavy atom. The third kappa shape index (κ3) is 4.03. The highest BCUT2D eigenvalue weighted by atomic mass is 32.2. The maximum absolute atomic E-state index is 12.1. The van der Waals surface area contributed by atoms with E-state index in [2.05, 4.69) is 0 Å². The van der Waals surface area contributed by atoms with Crippen LogP contribution in [-0.4, -0.2) is 44.1 Å². The summed E-state index contributed by atoms with van der Waals surface area (Å²) in [6.07, 6.45) is 0.0869. The van der Waals surface area contributed by atoms with Crippen molar-refractivity contribution in [2.45, 2.75) is 30.8 Å². The normalized spacial score (nSPS) is 12.6. The third-order valence-corrected chi connectivity index (χ3v) is 5.71. The van der Waals surface area contributed by atoms with Gasteiger partial charge in [-0.15, -0.1) is 11.3 Å². The van der Waals surface area contributed by atoms with Crippen molar-refractivity contribution in [3.63, 3.8) is 0 Å². The lowest BCUT2D eigenvalue weighted by Crippen LogP contribution is -2.30. The molecule has 0 bridgehead atoms. The zero-order chi connectivity index (χ0) is 13.8. The van der Waals surface area contributed by atoms with Gasteiger partial charge in [-0.1, -0.05) is 0 Å². The minimum atomic E-state index is -3.47. The van der Waals surface area contributed by atoms with Crippen molar-refractivity contribution in [3.05, 3.63) is 17.0 Å². The molecule has 0 aliphatic heterocycles. The van der Waals surface area contributed by atoms with Gasteiger partial charge in [0.25, 0.3) is 10.0 Å². The summed E-state index contributed by atoms with van der Waals surface area (Å²) in [5, 5.41) is 8.94. The Hall–Kier alpha value is -0.470. The van der Waals surface area contributed by atoms with Gasteiger partial charge in [0.15, 0.2) is 0 Å². The molecule has 0 aliphatic rings. The molecule has 0 saturated heterocycles. The Kier molecular flexibility index (Phi) is 5.74. The molecule has 0 radical (unpaired) electrons. The van der Waals surface area contributed by atoms with Crippen LogP contribution in [0.5, 0.6) is 0 Å². The van der Waals surface area contributed by atoms with E-state index in [1.165, 1.54) is 17.4 Å². The van der Waals surface area contributed by atoms with E-state index in [0.29, 0.717) is 18.0 Å². The number of hydrogen-bond acceptors (Lipinski definition) is 5. The molecule has 0 unspecified atom stereocenters. The number of nitrogens with zero attached hydrogens (tertiary/aromatic N) is 1. The van der Waals surface area contributed by atoms with E-state index >= 15 is 0 Å². The van der Waals surface area contributed by atoms with Gasteiger partial charge < -0.3 is 9.84 Å². The number of aliphatic hydroxyl groups excluding tert-OH is 1. The maximum atomic E-state index is 12.1. The number of hydrogen-bond donors (Lipinski definition) is 1. The van der Waals surface area contributed by atoms with Crippen molar-refractivity contribution < 1.29 is 18.3 Å². The van der Waals surface area contributed by atoms with Crippen LogP contribution in [0.3, 0.4) is 0 Å². The number of ether oxygens (including phenoxy) is 1. The maximum Gasteiger partial charge on any atom is 0.252 e. The van der Waals surface area contributed by atoms with Crippen LogP contribution >= 0.6 is 11.3 Å². The summed E-state index contributed by atoms with van der Waals surface area (Å²) < 4.78 is 31.1. The second-order valence-corrected chi connectivity index (χ2v) is 7.57. The topological polar surface area (TPSA) is 66.8 Å². The van der Waals surface area contributed by atoms with Crippen molar-refractivity contribution in [3.8, 4) is 0 Å². The zero-order valence-corrected chi connectivity index (χ0v) is 12.4. The van der Waals surface area contributed by atoms with Gasteiger partial charge in [-0.05, 0) is 26.0 Å². The summed E-state index contributed by atoms with van der Waals surface area (Å²) in [5.74, 6) is 0. The second kappa shape index (κ2) is 6.63. The van der Waals surface area contributed by atoms with Crippen LogP contribution in [0.15, 0.2) is 16.3 Å². The van der Waals surface area contributed by atoms with E-state index in [-0.39, 0.29) is 16.9 Å². The van der Waals surface area contributed by atoms with E-state index in [4.69, 9.17) is 9.84 Å². The molecular weight excluding hydrogens is 274 g/mol. The van der Waals surface area contributed by atoms with Gasteiger partial charge >= 0.3 is 0 Å².